The van der Waals surface area contributed by atoms with Crippen molar-refractivity contribution in [2.24, 2.45) is 5.92 Å². The second kappa shape index (κ2) is 11.9. The van der Waals surface area contributed by atoms with Gasteiger partial charge < -0.3 is 18.9 Å². The van der Waals surface area contributed by atoms with Crippen LogP contribution in [0.2, 0.25) is 0 Å². The van der Waals surface area contributed by atoms with E-state index in [1.165, 1.54) is 19.3 Å². The van der Waals surface area contributed by atoms with Crippen LogP contribution in [0.5, 0.6) is 11.5 Å². The van der Waals surface area contributed by atoms with Crippen LogP contribution in [0.4, 0.5) is 0 Å². The van der Waals surface area contributed by atoms with Crippen LogP contribution in [0.15, 0.2) is 42.5 Å². The summed E-state index contributed by atoms with van der Waals surface area (Å²) in [4.78, 5) is 12.6. The number of carbonyl (C=O) groups excluding carboxylic acids is 1. The molecular weight excluding hydrogens is 392 g/mol. The molecule has 0 amide bonds. The van der Waals surface area contributed by atoms with E-state index in [1.54, 1.807) is 18.2 Å². The minimum absolute atomic E-state index is 0.370. The molecule has 0 atom stereocenters. The Bertz CT molecular complexity index is 822. The lowest BCUT2D eigenvalue weighted by Gasteiger charge is -2.29. The van der Waals surface area contributed by atoms with Crippen molar-refractivity contribution < 1.29 is 23.7 Å². The van der Waals surface area contributed by atoms with E-state index < -0.39 is 5.97 Å². The highest BCUT2D eigenvalue weighted by Gasteiger charge is 2.23. The fraction of sp³-hybridized carbons (Fsp3) is 0.500. The molecule has 0 unspecified atom stereocenters. The molecule has 1 aliphatic rings. The number of carbonyl (C=O) groups is 1. The molecule has 2 aromatic carbocycles. The van der Waals surface area contributed by atoms with Gasteiger partial charge in [-0.15, -0.1) is 0 Å². The quantitative estimate of drug-likeness (QED) is 0.255. The van der Waals surface area contributed by atoms with E-state index in [0.29, 0.717) is 23.8 Å². The number of aryl methyl sites for hydroxylation is 1. The van der Waals surface area contributed by atoms with Gasteiger partial charge in [-0.05, 0) is 55.7 Å². The molecule has 0 radical (unpaired) electrons. The van der Waals surface area contributed by atoms with Crippen molar-refractivity contribution in [3.63, 3.8) is 0 Å². The molecule has 1 heterocycles. The highest BCUT2D eigenvalue weighted by molar-refractivity contribution is 5.91. The Hall–Kier alpha value is -2.37. The lowest BCUT2D eigenvalue weighted by Crippen LogP contribution is -2.27. The Balaban J connectivity index is 1.52. The summed E-state index contributed by atoms with van der Waals surface area (Å²) in [6.07, 6.45) is 5.44. The normalized spacial score (nSPS) is 18.5. The maximum absolute atomic E-state index is 12.6. The van der Waals surface area contributed by atoms with Gasteiger partial charge in [0.25, 0.3) is 0 Å². The van der Waals surface area contributed by atoms with E-state index in [1.807, 2.05) is 31.2 Å². The fourth-order valence-corrected chi connectivity index (χ4v) is 3.57. The molecular formula is C26H34O5. The number of ether oxygens (including phenoxy) is 4. The summed E-state index contributed by atoms with van der Waals surface area (Å²) in [6.45, 7) is 8.28. The van der Waals surface area contributed by atoms with E-state index in [2.05, 4.69) is 13.8 Å². The van der Waals surface area contributed by atoms with Crippen LogP contribution < -0.4 is 9.47 Å². The van der Waals surface area contributed by atoms with Crippen molar-refractivity contribution in [2.75, 3.05) is 19.8 Å². The molecule has 1 aliphatic heterocycles. The summed E-state index contributed by atoms with van der Waals surface area (Å²) in [5, 5.41) is 0. The largest absolute Gasteiger partial charge is 0.494 e. The van der Waals surface area contributed by atoms with Crippen molar-refractivity contribution in [2.45, 2.75) is 59.2 Å². The highest BCUT2D eigenvalue weighted by Crippen LogP contribution is 2.28. The van der Waals surface area contributed by atoms with E-state index in [-0.39, 0.29) is 6.29 Å². The van der Waals surface area contributed by atoms with Gasteiger partial charge in [-0.25, -0.2) is 4.79 Å². The van der Waals surface area contributed by atoms with E-state index in [0.717, 1.165) is 42.9 Å². The zero-order valence-electron chi connectivity index (χ0n) is 18.9. The first-order valence-corrected chi connectivity index (χ1v) is 11.4. The molecule has 0 bridgehead atoms. The average Bonchev–Trinajstić information content (AvgIpc) is 2.80. The Morgan fingerprint density at radius 1 is 1.00 bits per heavy atom. The lowest BCUT2D eigenvalue weighted by molar-refractivity contribution is -0.206. The molecule has 2 aromatic rings. The molecule has 3 rings (SSSR count). The number of benzene rings is 2. The van der Waals surface area contributed by atoms with Crippen molar-refractivity contribution in [3.05, 3.63) is 59.2 Å². The zero-order chi connectivity index (χ0) is 22.1. The third-order valence-corrected chi connectivity index (χ3v) is 5.42. The van der Waals surface area contributed by atoms with Crippen LogP contribution in [-0.4, -0.2) is 25.8 Å². The van der Waals surface area contributed by atoms with Crippen molar-refractivity contribution in [1.29, 1.82) is 0 Å². The second-order valence-corrected chi connectivity index (χ2v) is 8.15. The van der Waals surface area contributed by atoms with Crippen molar-refractivity contribution >= 4 is 5.97 Å². The molecule has 0 spiro atoms. The highest BCUT2D eigenvalue weighted by atomic mass is 16.7. The van der Waals surface area contributed by atoms with Gasteiger partial charge in [0.1, 0.15) is 11.5 Å². The van der Waals surface area contributed by atoms with Crippen LogP contribution in [-0.2, 0) is 9.47 Å². The molecule has 5 heteroatoms. The van der Waals surface area contributed by atoms with Crippen LogP contribution in [0.1, 0.15) is 73.7 Å². The summed E-state index contributed by atoms with van der Waals surface area (Å²) in [7, 11) is 0. The van der Waals surface area contributed by atoms with Crippen molar-refractivity contribution in [3.8, 4) is 11.5 Å². The Labute approximate surface area is 185 Å². The zero-order valence-corrected chi connectivity index (χ0v) is 18.9. The predicted molar refractivity (Wildman–Crippen MR) is 121 cm³/mol. The van der Waals surface area contributed by atoms with Gasteiger partial charge in [-0.1, -0.05) is 45.2 Å². The van der Waals surface area contributed by atoms with Gasteiger partial charge >= 0.3 is 5.97 Å². The molecule has 1 saturated heterocycles. The van der Waals surface area contributed by atoms with Crippen LogP contribution in [0, 0.1) is 12.8 Å². The first kappa shape index (κ1) is 23.3. The Morgan fingerprint density at radius 2 is 1.74 bits per heavy atom. The molecule has 0 N–H and O–H groups in total. The lowest BCUT2D eigenvalue weighted by atomic mass is 10.0. The van der Waals surface area contributed by atoms with Crippen molar-refractivity contribution in [1.82, 2.24) is 0 Å². The SMILES string of the molecule is CCCCCC1COC(c2ccc(C(=O)Oc3ccc(OCCC)cc3C)cc2)OC1. The number of hydrogen-bond acceptors (Lipinski definition) is 5. The summed E-state index contributed by atoms with van der Waals surface area (Å²) < 4.78 is 23.0. The number of esters is 1. The predicted octanol–water partition coefficient (Wildman–Crippen LogP) is 6.24. The van der Waals surface area contributed by atoms with Gasteiger partial charge in [-0.2, -0.15) is 0 Å². The van der Waals surface area contributed by atoms with Crippen LogP contribution in [0.3, 0.4) is 0 Å². The smallest absolute Gasteiger partial charge is 0.343 e. The third kappa shape index (κ3) is 6.81. The standard InChI is InChI=1S/C26H34O5/c1-4-6-7-8-20-17-29-26(30-18-20)22-11-9-21(10-12-22)25(27)31-24-14-13-23(16-19(24)3)28-15-5-2/h9-14,16,20,26H,4-8,15,17-18H2,1-3H3. The van der Waals surface area contributed by atoms with Crippen LogP contribution >= 0.6 is 0 Å². The fourth-order valence-electron chi connectivity index (χ4n) is 3.57. The van der Waals surface area contributed by atoms with E-state index in [9.17, 15) is 4.79 Å². The minimum Gasteiger partial charge on any atom is -0.494 e. The van der Waals surface area contributed by atoms with Crippen LogP contribution in [0.25, 0.3) is 0 Å². The monoisotopic (exact) mass is 426 g/mol. The molecule has 1 fully saturated rings. The molecule has 31 heavy (non-hydrogen) atoms. The second-order valence-electron chi connectivity index (χ2n) is 8.15. The first-order valence-electron chi connectivity index (χ1n) is 11.4. The van der Waals surface area contributed by atoms with Gasteiger partial charge in [0.05, 0.1) is 25.4 Å². The van der Waals surface area contributed by atoms with Gasteiger partial charge in [-0.3, -0.25) is 0 Å². The van der Waals surface area contributed by atoms with E-state index >= 15 is 0 Å². The summed E-state index contributed by atoms with van der Waals surface area (Å²) in [6, 6.07) is 12.7. The average molecular weight is 427 g/mol. The maximum Gasteiger partial charge on any atom is 0.343 e. The first-order chi connectivity index (χ1) is 15.1. The molecule has 5 nitrogen and oxygen atoms in total. The molecule has 0 aliphatic carbocycles. The Kier molecular flexibility index (Phi) is 8.92. The maximum atomic E-state index is 12.6. The third-order valence-electron chi connectivity index (χ3n) is 5.42. The number of hydrogen-bond donors (Lipinski definition) is 0. The summed E-state index contributed by atoms with van der Waals surface area (Å²) in [5.41, 5.74) is 2.26. The number of unbranched alkanes of at least 4 members (excludes halogenated alkanes) is 2. The molecule has 0 aromatic heterocycles. The topological polar surface area (TPSA) is 54.0 Å². The summed E-state index contributed by atoms with van der Waals surface area (Å²) in [5.74, 6) is 1.40. The number of rotatable bonds is 10. The molecule has 168 valence electrons. The van der Waals surface area contributed by atoms with Gasteiger partial charge in [0, 0.05) is 11.5 Å². The molecule has 0 saturated carbocycles. The van der Waals surface area contributed by atoms with Gasteiger partial charge in [0.2, 0.25) is 0 Å². The summed E-state index contributed by atoms with van der Waals surface area (Å²) >= 11 is 0. The Morgan fingerprint density at radius 3 is 2.39 bits per heavy atom. The minimum atomic E-state index is -0.390. The van der Waals surface area contributed by atoms with Gasteiger partial charge in [0.15, 0.2) is 6.29 Å². The van der Waals surface area contributed by atoms with E-state index in [4.69, 9.17) is 18.9 Å².